The van der Waals surface area contributed by atoms with Crippen molar-refractivity contribution in [2.45, 2.75) is 6.92 Å². The summed E-state index contributed by atoms with van der Waals surface area (Å²) in [4.78, 5) is 0. The van der Waals surface area contributed by atoms with Crippen LogP contribution in [0.2, 0.25) is 0 Å². The van der Waals surface area contributed by atoms with Gasteiger partial charge in [-0.05, 0) is 53.6 Å². The maximum atomic E-state index is 9.55. The first kappa shape index (κ1) is 13.0. The van der Waals surface area contributed by atoms with Crippen LogP contribution in [0.15, 0.2) is 54.6 Å². The van der Waals surface area contributed by atoms with Crippen LogP contribution >= 0.6 is 0 Å². The van der Waals surface area contributed by atoms with E-state index in [1.54, 1.807) is 18.2 Å². The van der Waals surface area contributed by atoms with Gasteiger partial charge in [-0.1, -0.05) is 24.3 Å². The molecule has 0 fully saturated rings. The second-order valence-electron chi connectivity index (χ2n) is 4.86. The lowest BCUT2D eigenvalue weighted by atomic mass is 10.1. The predicted octanol–water partition coefficient (Wildman–Crippen LogP) is 4.52. The highest BCUT2D eigenvalue weighted by Gasteiger charge is 2.08. The maximum Gasteiger partial charge on any atom is 0.148 e. The van der Waals surface area contributed by atoms with Gasteiger partial charge in [0.05, 0.1) is 5.56 Å². The van der Waals surface area contributed by atoms with Crippen molar-refractivity contribution >= 4 is 10.8 Å². The number of phenols is 1. The molecule has 0 atom stereocenters. The zero-order valence-electron chi connectivity index (χ0n) is 11.5. The Morgan fingerprint density at radius 3 is 2.62 bits per heavy atom. The van der Waals surface area contributed by atoms with E-state index in [9.17, 15) is 5.11 Å². The predicted molar refractivity (Wildman–Crippen MR) is 81.6 cm³/mol. The minimum atomic E-state index is 0.216. The maximum absolute atomic E-state index is 9.55. The normalized spacial score (nSPS) is 10.3. The average molecular weight is 275 g/mol. The van der Waals surface area contributed by atoms with Gasteiger partial charge in [0.15, 0.2) is 0 Å². The number of nitriles is 1. The summed E-state index contributed by atoms with van der Waals surface area (Å²) in [7, 11) is 0. The molecule has 0 spiro atoms. The smallest absolute Gasteiger partial charge is 0.148 e. The molecule has 0 amide bonds. The number of para-hydroxylation sites is 1. The van der Waals surface area contributed by atoms with E-state index in [4.69, 9.17) is 10.00 Å². The van der Waals surface area contributed by atoms with Gasteiger partial charge in [-0.15, -0.1) is 0 Å². The lowest BCUT2D eigenvalue weighted by Gasteiger charge is -2.11. The Morgan fingerprint density at radius 1 is 1.00 bits per heavy atom. The number of phenolic OH excluding ortho intramolecular Hbond substituents is 1. The second-order valence-corrected chi connectivity index (χ2v) is 4.86. The highest BCUT2D eigenvalue weighted by atomic mass is 16.5. The van der Waals surface area contributed by atoms with Crippen LogP contribution in [0.3, 0.4) is 0 Å². The monoisotopic (exact) mass is 275 g/mol. The van der Waals surface area contributed by atoms with Gasteiger partial charge < -0.3 is 9.84 Å². The summed E-state index contributed by atoms with van der Waals surface area (Å²) in [5, 5.41) is 20.6. The molecule has 3 aromatic rings. The molecular weight excluding hydrogens is 262 g/mol. The van der Waals surface area contributed by atoms with Gasteiger partial charge in [0, 0.05) is 0 Å². The van der Waals surface area contributed by atoms with Crippen molar-refractivity contribution in [3.05, 3.63) is 65.7 Å². The summed E-state index contributed by atoms with van der Waals surface area (Å²) in [6.07, 6.45) is 0. The molecule has 0 aromatic heterocycles. The molecule has 0 saturated carbocycles. The summed E-state index contributed by atoms with van der Waals surface area (Å²) in [5.74, 6) is 1.42. The largest absolute Gasteiger partial charge is 0.508 e. The SMILES string of the molecule is Cc1cccc(C#N)c1Oc1ccc2ccc(O)cc2c1. The Morgan fingerprint density at radius 2 is 1.81 bits per heavy atom. The van der Waals surface area contributed by atoms with Crippen LogP contribution in [-0.2, 0) is 0 Å². The van der Waals surface area contributed by atoms with Crippen LogP contribution in [-0.4, -0.2) is 5.11 Å². The van der Waals surface area contributed by atoms with Crippen LogP contribution in [0.25, 0.3) is 10.8 Å². The van der Waals surface area contributed by atoms with Crippen LogP contribution in [0.4, 0.5) is 0 Å². The van der Waals surface area contributed by atoms with E-state index in [2.05, 4.69) is 6.07 Å². The van der Waals surface area contributed by atoms with Crippen molar-refractivity contribution in [3.63, 3.8) is 0 Å². The Kier molecular flexibility index (Phi) is 3.21. The number of hydrogen-bond donors (Lipinski definition) is 1. The third kappa shape index (κ3) is 2.52. The molecule has 3 rings (SSSR count). The van der Waals surface area contributed by atoms with E-state index in [-0.39, 0.29) is 5.75 Å². The molecule has 0 bridgehead atoms. The Labute approximate surface area is 122 Å². The van der Waals surface area contributed by atoms with Gasteiger partial charge in [-0.3, -0.25) is 0 Å². The van der Waals surface area contributed by atoms with E-state index >= 15 is 0 Å². The van der Waals surface area contributed by atoms with Crippen LogP contribution in [0.5, 0.6) is 17.2 Å². The van der Waals surface area contributed by atoms with Gasteiger partial charge in [0.25, 0.3) is 0 Å². The van der Waals surface area contributed by atoms with Crippen LogP contribution < -0.4 is 4.74 Å². The minimum absolute atomic E-state index is 0.216. The third-order valence-corrected chi connectivity index (χ3v) is 3.35. The second kappa shape index (κ2) is 5.18. The number of nitrogens with zero attached hydrogens (tertiary/aromatic N) is 1. The zero-order valence-corrected chi connectivity index (χ0v) is 11.5. The van der Waals surface area contributed by atoms with Crippen LogP contribution in [0, 0.1) is 18.3 Å². The summed E-state index contributed by atoms with van der Waals surface area (Å²) in [6.45, 7) is 1.91. The third-order valence-electron chi connectivity index (χ3n) is 3.35. The zero-order chi connectivity index (χ0) is 14.8. The van der Waals surface area contributed by atoms with Gasteiger partial charge in [0.1, 0.15) is 23.3 Å². The molecule has 0 aliphatic heterocycles. The molecule has 3 aromatic carbocycles. The first-order valence-corrected chi connectivity index (χ1v) is 6.58. The van der Waals surface area contributed by atoms with Crippen molar-refractivity contribution < 1.29 is 9.84 Å². The average Bonchev–Trinajstić information content (AvgIpc) is 2.49. The number of ether oxygens (including phenoxy) is 1. The summed E-state index contributed by atoms with van der Waals surface area (Å²) >= 11 is 0. The van der Waals surface area contributed by atoms with E-state index in [0.717, 1.165) is 16.3 Å². The molecule has 3 heteroatoms. The van der Waals surface area contributed by atoms with E-state index in [0.29, 0.717) is 17.1 Å². The quantitative estimate of drug-likeness (QED) is 0.748. The molecule has 0 heterocycles. The van der Waals surface area contributed by atoms with E-state index in [1.807, 2.05) is 43.3 Å². The molecule has 0 radical (unpaired) electrons. The molecule has 0 saturated heterocycles. The number of aromatic hydroxyl groups is 1. The lowest BCUT2D eigenvalue weighted by molar-refractivity contribution is 0.475. The molecule has 3 nitrogen and oxygen atoms in total. The Hall–Kier alpha value is -2.99. The molecule has 1 N–H and O–H groups in total. The van der Waals surface area contributed by atoms with E-state index in [1.165, 1.54) is 0 Å². The lowest BCUT2D eigenvalue weighted by Crippen LogP contribution is -1.91. The van der Waals surface area contributed by atoms with Gasteiger partial charge in [0.2, 0.25) is 0 Å². The fourth-order valence-electron chi connectivity index (χ4n) is 2.27. The number of fused-ring (bicyclic) bond motifs is 1. The highest BCUT2D eigenvalue weighted by Crippen LogP contribution is 2.31. The molecule has 102 valence electrons. The number of rotatable bonds is 2. The summed E-state index contributed by atoms with van der Waals surface area (Å²) in [5.41, 5.74) is 1.41. The summed E-state index contributed by atoms with van der Waals surface area (Å²) in [6, 6.07) is 18.4. The fourth-order valence-corrected chi connectivity index (χ4v) is 2.27. The molecule has 0 aliphatic carbocycles. The van der Waals surface area contributed by atoms with Crippen molar-refractivity contribution in [3.8, 4) is 23.3 Å². The molecular formula is C18H13NO2. The number of hydrogen-bond acceptors (Lipinski definition) is 3. The fraction of sp³-hybridized carbons (Fsp3) is 0.0556. The molecule has 21 heavy (non-hydrogen) atoms. The van der Waals surface area contributed by atoms with Crippen molar-refractivity contribution in [2.75, 3.05) is 0 Å². The van der Waals surface area contributed by atoms with E-state index < -0.39 is 0 Å². The first-order chi connectivity index (χ1) is 10.2. The van der Waals surface area contributed by atoms with Crippen molar-refractivity contribution in [2.24, 2.45) is 0 Å². The topological polar surface area (TPSA) is 53.2 Å². The number of aryl methyl sites for hydroxylation is 1. The van der Waals surface area contributed by atoms with Crippen molar-refractivity contribution in [1.29, 1.82) is 5.26 Å². The standard InChI is InChI=1S/C18H13NO2/c1-12-3-2-4-14(11-19)18(12)21-17-8-6-13-5-7-16(20)9-15(13)10-17/h2-10,20H,1H3. The first-order valence-electron chi connectivity index (χ1n) is 6.58. The summed E-state index contributed by atoms with van der Waals surface area (Å²) < 4.78 is 5.88. The molecule has 0 unspecified atom stereocenters. The van der Waals surface area contributed by atoms with Crippen LogP contribution in [0.1, 0.15) is 11.1 Å². The van der Waals surface area contributed by atoms with Gasteiger partial charge in [-0.25, -0.2) is 0 Å². The highest BCUT2D eigenvalue weighted by molar-refractivity contribution is 5.85. The minimum Gasteiger partial charge on any atom is -0.508 e. The number of benzene rings is 3. The Balaban J connectivity index is 2.05. The Bertz CT molecular complexity index is 863. The van der Waals surface area contributed by atoms with Gasteiger partial charge in [-0.2, -0.15) is 5.26 Å². The van der Waals surface area contributed by atoms with Crippen molar-refractivity contribution in [1.82, 2.24) is 0 Å². The van der Waals surface area contributed by atoms with Gasteiger partial charge >= 0.3 is 0 Å². The molecule has 0 aliphatic rings.